The smallest absolute Gasteiger partial charge is 0.166 e. The zero-order valence-corrected chi connectivity index (χ0v) is 12.2. The maximum atomic E-state index is 8.67. The lowest BCUT2D eigenvalue weighted by Gasteiger charge is -1.93. The van der Waals surface area contributed by atoms with Crippen molar-refractivity contribution < 1.29 is 5.11 Å². The minimum Gasteiger partial charge on any atom is -0.384 e. The first-order valence-corrected chi connectivity index (χ1v) is 7.96. The van der Waals surface area contributed by atoms with E-state index in [0.29, 0.717) is 0 Å². The summed E-state index contributed by atoms with van der Waals surface area (Å²) in [5, 5.41) is 11.6. The molecule has 2 aromatic heterocycles. The second-order valence-electron chi connectivity index (χ2n) is 4.11. The maximum Gasteiger partial charge on any atom is 0.166 e. The van der Waals surface area contributed by atoms with E-state index in [0.717, 1.165) is 27.5 Å². The number of fused-ring (bicyclic) bond motifs is 1. The van der Waals surface area contributed by atoms with E-state index in [9.17, 15) is 0 Å². The van der Waals surface area contributed by atoms with Crippen molar-refractivity contribution in [2.75, 3.05) is 6.61 Å². The first kappa shape index (κ1) is 13.3. The zero-order valence-electron chi connectivity index (χ0n) is 10.6. The third-order valence-corrected chi connectivity index (χ3v) is 4.73. The number of benzene rings is 1. The fourth-order valence-electron chi connectivity index (χ4n) is 1.80. The van der Waals surface area contributed by atoms with Crippen LogP contribution < -0.4 is 0 Å². The van der Waals surface area contributed by atoms with Crippen LogP contribution in [-0.4, -0.2) is 21.7 Å². The van der Waals surface area contributed by atoms with Gasteiger partial charge in [-0.05, 0) is 18.2 Å². The zero-order chi connectivity index (χ0) is 13.8. The molecule has 3 rings (SSSR count). The van der Waals surface area contributed by atoms with E-state index in [1.54, 1.807) is 23.1 Å². The summed E-state index contributed by atoms with van der Waals surface area (Å²) < 4.78 is 0. The largest absolute Gasteiger partial charge is 0.384 e. The number of thiophene rings is 1. The summed E-state index contributed by atoms with van der Waals surface area (Å²) in [7, 11) is 0. The third kappa shape index (κ3) is 3.05. The molecule has 20 heavy (non-hydrogen) atoms. The van der Waals surface area contributed by atoms with Crippen LogP contribution in [-0.2, 0) is 5.75 Å². The number of aromatic nitrogens is 2. The number of aromatic amines is 1. The minimum atomic E-state index is -0.0983. The van der Waals surface area contributed by atoms with Crippen LogP contribution in [0.3, 0.4) is 0 Å². The molecule has 0 atom stereocenters. The Morgan fingerprint density at radius 3 is 3.10 bits per heavy atom. The highest BCUT2D eigenvalue weighted by atomic mass is 32.2. The van der Waals surface area contributed by atoms with Crippen molar-refractivity contribution in [3.05, 3.63) is 46.2 Å². The molecule has 0 fully saturated rings. The molecular weight excluding hydrogens is 288 g/mol. The monoisotopic (exact) mass is 300 g/mol. The fourth-order valence-corrected chi connectivity index (χ4v) is 3.56. The molecule has 2 N–H and O–H groups in total. The third-order valence-electron chi connectivity index (χ3n) is 2.68. The number of thioether (sulfide) groups is 1. The Hall–Kier alpha value is -1.74. The molecule has 0 radical (unpaired) electrons. The van der Waals surface area contributed by atoms with Gasteiger partial charge in [-0.2, -0.15) is 0 Å². The van der Waals surface area contributed by atoms with Crippen LogP contribution in [0.25, 0.3) is 11.0 Å². The SMILES string of the molecule is OCC#Cc1csc(CSc2nc3ccccc3[nH]2)c1. The molecule has 0 aliphatic carbocycles. The second kappa shape index (κ2) is 6.14. The standard InChI is InChI=1S/C15H12N2OS2/c18-7-3-4-11-8-12(19-9-11)10-20-15-16-13-5-1-2-6-14(13)17-15/h1-2,5-6,8-9,18H,7,10H2,(H,16,17). The molecule has 100 valence electrons. The van der Waals surface area contributed by atoms with Crippen LogP contribution in [0.2, 0.25) is 0 Å². The highest BCUT2D eigenvalue weighted by molar-refractivity contribution is 7.98. The van der Waals surface area contributed by atoms with Crippen LogP contribution >= 0.6 is 23.1 Å². The average molecular weight is 300 g/mol. The average Bonchev–Trinajstić information content (AvgIpc) is 3.09. The van der Waals surface area contributed by atoms with E-state index >= 15 is 0 Å². The van der Waals surface area contributed by atoms with Crippen LogP contribution in [0.1, 0.15) is 10.4 Å². The van der Waals surface area contributed by atoms with Crippen LogP contribution in [0.15, 0.2) is 40.9 Å². The molecule has 3 aromatic rings. The van der Waals surface area contributed by atoms with Crippen LogP contribution in [0, 0.1) is 11.8 Å². The molecule has 2 heterocycles. The molecule has 0 spiro atoms. The van der Waals surface area contributed by atoms with Crippen LogP contribution in [0.5, 0.6) is 0 Å². The van der Waals surface area contributed by atoms with Gasteiger partial charge in [-0.15, -0.1) is 11.3 Å². The number of hydrogen-bond donors (Lipinski definition) is 2. The summed E-state index contributed by atoms with van der Waals surface area (Å²) in [5.74, 6) is 6.43. The topological polar surface area (TPSA) is 48.9 Å². The highest BCUT2D eigenvalue weighted by Crippen LogP contribution is 2.26. The second-order valence-corrected chi connectivity index (χ2v) is 6.07. The molecule has 0 unspecified atom stereocenters. The van der Waals surface area contributed by atoms with Gasteiger partial charge < -0.3 is 10.1 Å². The number of hydrogen-bond acceptors (Lipinski definition) is 4. The Balaban J connectivity index is 1.68. The van der Waals surface area contributed by atoms with Gasteiger partial charge in [-0.1, -0.05) is 35.7 Å². The first-order chi connectivity index (χ1) is 9.85. The number of aliphatic hydroxyl groups is 1. The number of H-pyrrole nitrogens is 1. The van der Waals surface area contributed by atoms with E-state index in [2.05, 4.69) is 27.9 Å². The van der Waals surface area contributed by atoms with E-state index in [-0.39, 0.29) is 6.61 Å². The van der Waals surface area contributed by atoms with Crippen molar-refractivity contribution in [1.82, 2.24) is 9.97 Å². The van der Waals surface area contributed by atoms with Gasteiger partial charge in [0.1, 0.15) is 6.61 Å². The number of nitrogens with one attached hydrogen (secondary N) is 1. The van der Waals surface area contributed by atoms with Crippen molar-refractivity contribution in [2.24, 2.45) is 0 Å². The lowest BCUT2D eigenvalue weighted by molar-refractivity contribution is 0.350. The predicted molar refractivity (Wildman–Crippen MR) is 83.9 cm³/mol. The van der Waals surface area contributed by atoms with Crippen molar-refractivity contribution >= 4 is 34.1 Å². The van der Waals surface area contributed by atoms with Gasteiger partial charge in [0.05, 0.1) is 11.0 Å². The van der Waals surface area contributed by atoms with Gasteiger partial charge in [0.15, 0.2) is 5.16 Å². The molecule has 0 aliphatic rings. The van der Waals surface area contributed by atoms with Gasteiger partial charge in [0, 0.05) is 21.6 Å². The Kier molecular flexibility index (Phi) is 4.07. The molecule has 0 bridgehead atoms. The summed E-state index contributed by atoms with van der Waals surface area (Å²) >= 11 is 3.36. The lowest BCUT2D eigenvalue weighted by Crippen LogP contribution is -1.77. The fraction of sp³-hybridized carbons (Fsp3) is 0.133. The summed E-state index contributed by atoms with van der Waals surface area (Å²) in [6.45, 7) is -0.0983. The lowest BCUT2D eigenvalue weighted by atomic mass is 10.3. The molecule has 3 nitrogen and oxygen atoms in total. The Morgan fingerprint density at radius 1 is 1.35 bits per heavy atom. The van der Waals surface area contributed by atoms with E-state index in [4.69, 9.17) is 5.11 Å². The molecule has 0 amide bonds. The highest BCUT2D eigenvalue weighted by Gasteiger charge is 2.04. The number of imidazole rings is 1. The quantitative estimate of drug-likeness (QED) is 0.576. The summed E-state index contributed by atoms with van der Waals surface area (Å²) in [5.41, 5.74) is 3.02. The predicted octanol–water partition coefficient (Wildman–Crippen LogP) is 3.26. The van der Waals surface area contributed by atoms with Gasteiger partial charge in [-0.3, -0.25) is 0 Å². The Labute approximate surface area is 125 Å². The van der Waals surface area contributed by atoms with Crippen molar-refractivity contribution in [2.45, 2.75) is 10.9 Å². The van der Waals surface area contributed by atoms with E-state index in [1.807, 2.05) is 29.6 Å². The molecule has 0 saturated carbocycles. The first-order valence-electron chi connectivity index (χ1n) is 6.10. The van der Waals surface area contributed by atoms with Gasteiger partial charge in [-0.25, -0.2) is 4.98 Å². The maximum absolute atomic E-state index is 8.67. The number of rotatable bonds is 3. The molecule has 0 saturated heterocycles. The molecule has 1 aromatic carbocycles. The van der Waals surface area contributed by atoms with Crippen LogP contribution in [0.4, 0.5) is 0 Å². The van der Waals surface area contributed by atoms with Gasteiger partial charge in [0.25, 0.3) is 0 Å². The van der Waals surface area contributed by atoms with Gasteiger partial charge in [0.2, 0.25) is 0 Å². The molecular formula is C15H12N2OS2. The molecule has 0 aliphatic heterocycles. The van der Waals surface area contributed by atoms with Crippen molar-refractivity contribution in [3.63, 3.8) is 0 Å². The summed E-state index contributed by atoms with van der Waals surface area (Å²) in [6.07, 6.45) is 0. The van der Waals surface area contributed by atoms with Crippen molar-refractivity contribution in [3.8, 4) is 11.8 Å². The summed E-state index contributed by atoms with van der Waals surface area (Å²) in [4.78, 5) is 9.09. The Bertz CT molecular complexity index is 747. The number of nitrogens with zero attached hydrogens (tertiary/aromatic N) is 1. The van der Waals surface area contributed by atoms with E-state index in [1.165, 1.54) is 4.88 Å². The number of para-hydroxylation sites is 2. The number of aliphatic hydroxyl groups excluding tert-OH is 1. The van der Waals surface area contributed by atoms with Crippen molar-refractivity contribution in [1.29, 1.82) is 0 Å². The normalized spacial score (nSPS) is 10.4. The molecule has 5 heteroatoms. The van der Waals surface area contributed by atoms with E-state index < -0.39 is 0 Å². The van der Waals surface area contributed by atoms with Gasteiger partial charge >= 0.3 is 0 Å². The minimum absolute atomic E-state index is 0.0983. The summed E-state index contributed by atoms with van der Waals surface area (Å²) in [6, 6.07) is 10.1. The Morgan fingerprint density at radius 2 is 2.25 bits per heavy atom.